The Morgan fingerprint density at radius 3 is 2.95 bits per heavy atom. The van der Waals surface area contributed by atoms with E-state index in [1.54, 1.807) is 0 Å². The van der Waals surface area contributed by atoms with Crippen molar-refractivity contribution < 1.29 is 4.52 Å². The first-order valence-electron chi connectivity index (χ1n) is 7.79. The van der Waals surface area contributed by atoms with Gasteiger partial charge in [-0.1, -0.05) is 23.4 Å². The number of nitrogens with zero attached hydrogens (tertiary/aromatic N) is 2. The van der Waals surface area contributed by atoms with Crippen LogP contribution < -0.4 is 5.32 Å². The number of rotatable bonds is 4. The molecule has 2 heterocycles. The van der Waals surface area contributed by atoms with Gasteiger partial charge in [-0.05, 0) is 62.4 Å². The maximum Gasteiger partial charge on any atom is 0.226 e. The Kier molecular flexibility index (Phi) is 4.34. The number of aryl methyl sites for hydroxylation is 2. The van der Waals surface area contributed by atoms with Crippen molar-refractivity contribution in [1.29, 1.82) is 0 Å². The number of nitrogens with one attached hydrogen (secondary N) is 1. The molecule has 1 fully saturated rings. The molecule has 1 saturated heterocycles. The molecule has 21 heavy (non-hydrogen) atoms. The first-order valence-corrected chi connectivity index (χ1v) is 7.79. The van der Waals surface area contributed by atoms with Gasteiger partial charge in [0.15, 0.2) is 5.82 Å². The van der Waals surface area contributed by atoms with Gasteiger partial charge in [-0.3, -0.25) is 0 Å². The van der Waals surface area contributed by atoms with Crippen molar-refractivity contribution in [2.75, 3.05) is 13.1 Å². The van der Waals surface area contributed by atoms with Crippen molar-refractivity contribution in [3.63, 3.8) is 0 Å². The average Bonchev–Trinajstić information content (AvgIpc) is 2.91. The van der Waals surface area contributed by atoms with Crippen molar-refractivity contribution >= 4 is 0 Å². The van der Waals surface area contributed by atoms with E-state index in [4.69, 9.17) is 4.52 Å². The van der Waals surface area contributed by atoms with Crippen molar-refractivity contribution in [2.45, 2.75) is 39.5 Å². The summed E-state index contributed by atoms with van der Waals surface area (Å²) in [4.78, 5) is 4.55. The Morgan fingerprint density at radius 2 is 2.19 bits per heavy atom. The molecule has 0 bridgehead atoms. The standard InChI is InChI=1S/C17H23N3O/c1-12-5-6-14(8-13(12)2)9-16-19-17(21-20-16)10-15-4-3-7-18-11-15/h5-6,8,15,18H,3-4,7,9-11H2,1-2H3. The molecule has 1 unspecified atom stereocenters. The molecule has 1 N–H and O–H groups in total. The van der Waals surface area contributed by atoms with Crippen molar-refractivity contribution in [2.24, 2.45) is 5.92 Å². The molecule has 0 spiro atoms. The Morgan fingerprint density at radius 1 is 1.29 bits per heavy atom. The molecule has 4 nitrogen and oxygen atoms in total. The zero-order valence-corrected chi connectivity index (χ0v) is 12.9. The van der Waals surface area contributed by atoms with Gasteiger partial charge in [0.05, 0.1) is 0 Å². The highest BCUT2D eigenvalue weighted by Gasteiger charge is 2.17. The lowest BCUT2D eigenvalue weighted by Crippen LogP contribution is -2.30. The van der Waals surface area contributed by atoms with E-state index in [1.165, 1.54) is 29.5 Å². The number of hydrogen-bond acceptors (Lipinski definition) is 4. The van der Waals surface area contributed by atoms with Crippen molar-refractivity contribution in [1.82, 2.24) is 15.5 Å². The molecule has 3 rings (SSSR count). The summed E-state index contributed by atoms with van der Waals surface area (Å²) in [6.45, 7) is 6.47. The van der Waals surface area contributed by atoms with E-state index in [-0.39, 0.29) is 0 Å². The van der Waals surface area contributed by atoms with E-state index in [9.17, 15) is 0 Å². The summed E-state index contributed by atoms with van der Waals surface area (Å²) < 4.78 is 5.40. The van der Waals surface area contributed by atoms with Gasteiger partial charge in [-0.25, -0.2) is 0 Å². The molecule has 1 aromatic heterocycles. The van der Waals surface area contributed by atoms with Crippen LogP contribution in [0.4, 0.5) is 0 Å². The molecular formula is C17H23N3O. The quantitative estimate of drug-likeness (QED) is 0.938. The Balaban J connectivity index is 1.62. The van der Waals surface area contributed by atoms with Gasteiger partial charge < -0.3 is 9.84 Å². The molecule has 1 aliphatic heterocycles. The molecule has 1 aromatic carbocycles. The van der Waals surface area contributed by atoms with Gasteiger partial charge in [0.2, 0.25) is 5.89 Å². The molecule has 112 valence electrons. The lowest BCUT2D eigenvalue weighted by molar-refractivity contribution is 0.314. The van der Waals surface area contributed by atoms with Gasteiger partial charge in [0.25, 0.3) is 0 Å². The zero-order valence-electron chi connectivity index (χ0n) is 12.9. The molecule has 0 amide bonds. The van der Waals surface area contributed by atoms with Crippen molar-refractivity contribution in [3.05, 3.63) is 46.6 Å². The topological polar surface area (TPSA) is 51.0 Å². The van der Waals surface area contributed by atoms with Crippen LogP contribution in [-0.2, 0) is 12.8 Å². The summed E-state index contributed by atoms with van der Waals surface area (Å²) in [5, 5.41) is 7.55. The SMILES string of the molecule is Cc1ccc(Cc2noc(CC3CCCNC3)n2)cc1C. The second kappa shape index (κ2) is 6.39. The Labute approximate surface area is 126 Å². The van der Waals surface area contributed by atoms with Gasteiger partial charge in [0.1, 0.15) is 0 Å². The number of piperidine rings is 1. The summed E-state index contributed by atoms with van der Waals surface area (Å²) in [6.07, 6.45) is 4.14. The third-order valence-electron chi connectivity index (χ3n) is 4.31. The predicted octanol–water partition coefficient (Wildman–Crippen LogP) is 2.82. The molecule has 1 aliphatic rings. The fourth-order valence-electron chi connectivity index (χ4n) is 2.89. The van der Waals surface area contributed by atoms with E-state index >= 15 is 0 Å². The van der Waals surface area contributed by atoms with E-state index < -0.39 is 0 Å². The van der Waals surface area contributed by atoms with Crippen LogP contribution in [0.15, 0.2) is 22.7 Å². The predicted molar refractivity (Wildman–Crippen MR) is 82.3 cm³/mol. The van der Waals surface area contributed by atoms with E-state index in [0.717, 1.165) is 37.6 Å². The minimum absolute atomic E-state index is 0.633. The molecule has 0 saturated carbocycles. The summed E-state index contributed by atoms with van der Waals surface area (Å²) in [5.74, 6) is 2.20. The second-order valence-corrected chi connectivity index (χ2v) is 6.12. The highest BCUT2D eigenvalue weighted by atomic mass is 16.5. The summed E-state index contributed by atoms with van der Waals surface area (Å²) >= 11 is 0. The number of hydrogen-bond donors (Lipinski definition) is 1. The van der Waals surface area contributed by atoms with Gasteiger partial charge in [-0.2, -0.15) is 4.98 Å². The molecular weight excluding hydrogens is 262 g/mol. The Bertz CT molecular complexity index is 600. The first-order chi connectivity index (χ1) is 10.2. The number of benzene rings is 1. The summed E-state index contributed by atoms with van der Waals surface area (Å²) in [7, 11) is 0. The highest BCUT2D eigenvalue weighted by Crippen LogP contribution is 2.17. The van der Waals surface area contributed by atoms with Crippen LogP contribution in [-0.4, -0.2) is 23.2 Å². The Hall–Kier alpha value is -1.68. The molecule has 0 radical (unpaired) electrons. The fraction of sp³-hybridized carbons (Fsp3) is 0.529. The minimum Gasteiger partial charge on any atom is -0.339 e. The molecule has 1 atom stereocenters. The maximum atomic E-state index is 5.40. The summed E-state index contributed by atoms with van der Waals surface area (Å²) in [5.41, 5.74) is 3.87. The van der Waals surface area contributed by atoms with Crippen LogP contribution in [0.1, 0.15) is 41.2 Å². The van der Waals surface area contributed by atoms with E-state index in [1.807, 2.05) is 0 Å². The maximum absolute atomic E-state index is 5.40. The molecule has 4 heteroatoms. The average molecular weight is 285 g/mol. The van der Waals surface area contributed by atoms with Crippen LogP contribution in [0.2, 0.25) is 0 Å². The second-order valence-electron chi connectivity index (χ2n) is 6.12. The number of aromatic nitrogens is 2. The van der Waals surface area contributed by atoms with Crippen LogP contribution in [0, 0.1) is 19.8 Å². The van der Waals surface area contributed by atoms with Gasteiger partial charge in [0, 0.05) is 12.8 Å². The first kappa shape index (κ1) is 14.3. The molecule has 0 aliphatic carbocycles. The monoisotopic (exact) mass is 285 g/mol. The lowest BCUT2D eigenvalue weighted by Gasteiger charge is -2.20. The van der Waals surface area contributed by atoms with Crippen LogP contribution in [0.25, 0.3) is 0 Å². The largest absolute Gasteiger partial charge is 0.339 e. The lowest BCUT2D eigenvalue weighted by atomic mass is 9.96. The van der Waals surface area contributed by atoms with Crippen molar-refractivity contribution in [3.8, 4) is 0 Å². The normalized spacial score (nSPS) is 18.9. The zero-order chi connectivity index (χ0) is 14.7. The van der Waals surface area contributed by atoms with Gasteiger partial charge >= 0.3 is 0 Å². The third-order valence-corrected chi connectivity index (χ3v) is 4.31. The molecule has 2 aromatic rings. The fourth-order valence-corrected chi connectivity index (χ4v) is 2.89. The van der Waals surface area contributed by atoms with Crippen LogP contribution in [0.5, 0.6) is 0 Å². The minimum atomic E-state index is 0.633. The van der Waals surface area contributed by atoms with Gasteiger partial charge in [-0.15, -0.1) is 0 Å². The highest BCUT2D eigenvalue weighted by molar-refractivity contribution is 5.31. The summed E-state index contributed by atoms with van der Waals surface area (Å²) in [6, 6.07) is 6.50. The van der Waals surface area contributed by atoms with E-state index in [0.29, 0.717) is 5.92 Å². The van der Waals surface area contributed by atoms with E-state index in [2.05, 4.69) is 47.5 Å². The third kappa shape index (κ3) is 3.70. The van der Waals surface area contributed by atoms with Crippen LogP contribution >= 0.6 is 0 Å². The smallest absolute Gasteiger partial charge is 0.226 e. The van der Waals surface area contributed by atoms with Crippen LogP contribution in [0.3, 0.4) is 0 Å².